The summed E-state index contributed by atoms with van der Waals surface area (Å²) in [7, 11) is 1.41. The Morgan fingerprint density at radius 2 is 1.90 bits per heavy atom. The van der Waals surface area contributed by atoms with Crippen molar-refractivity contribution < 1.29 is 13.6 Å². The van der Waals surface area contributed by atoms with Crippen LogP contribution in [0.2, 0.25) is 0 Å². The highest BCUT2D eigenvalue weighted by molar-refractivity contribution is 6.06. The third kappa shape index (κ3) is 2.50. The van der Waals surface area contributed by atoms with Crippen LogP contribution in [0.4, 0.5) is 14.5 Å². The molecule has 0 spiro atoms. The maximum Gasteiger partial charge on any atom is 0.261 e. The summed E-state index contributed by atoms with van der Waals surface area (Å²) in [5.74, 6) is -2.22. The molecular formula is C15H10F2N2O. The molecule has 1 amide bonds. The third-order valence-corrected chi connectivity index (χ3v) is 2.85. The minimum absolute atomic E-state index is 0.278. The van der Waals surface area contributed by atoms with E-state index in [2.05, 4.69) is 0 Å². The number of hydrogen-bond donors (Lipinski definition) is 0. The largest absolute Gasteiger partial charge is 0.310 e. The Labute approximate surface area is 114 Å². The monoisotopic (exact) mass is 272 g/mol. The first-order valence-electron chi connectivity index (χ1n) is 5.77. The van der Waals surface area contributed by atoms with Crippen LogP contribution in [0.15, 0.2) is 42.5 Å². The number of para-hydroxylation sites is 1. The van der Waals surface area contributed by atoms with Crippen molar-refractivity contribution in [1.29, 1.82) is 5.26 Å². The number of nitriles is 1. The van der Waals surface area contributed by atoms with Gasteiger partial charge in [-0.15, -0.1) is 0 Å². The zero-order chi connectivity index (χ0) is 14.7. The summed E-state index contributed by atoms with van der Waals surface area (Å²) in [5.41, 5.74) is 0.240. The Balaban J connectivity index is 2.43. The lowest BCUT2D eigenvalue weighted by molar-refractivity contribution is 0.0988. The molecule has 0 aromatic heterocycles. The number of hydrogen-bond acceptors (Lipinski definition) is 2. The summed E-state index contributed by atoms with van der Waals surface area (Å²) in [4.78, 5) is 13.3. The number of amides is 1. The van der Waals surface area contributed by atoms with Crippen LogP contribution >= 0.6 is 0 Å². The van der Waals surface area contributed by atoms with Gasteiger partial charge in [-0.1, -0.05) is 12.1 Å². The molecule has 0 unspecified atom stereocenters. The zero-order valence-corrected chi connectivity index (χ0v) is 10.6. The fourth-order valence-electron chi connectivity index (χ4n) is 1.81. The van der Waals surface area contributed by atoms with Crippen molar-refractivity contribution in [2.45, 2.75) is 0 Å². The predicted octanol–water partition coefficient (Wildman–Crippen LogP) is 3.11. The van der Waals surface area contributed by atoms with Gasteiger partial charge in [0, 0.05) is 7.05 Å². The molecule has 0 N–H and O–H groups in total. The number of anilines is 1. The molecule has 2 aromatic rings. The van der Waals surface area contributed by atoms with E-state index in [-0.39, 0.29) is 11.1 Å². The van der Waals surface area contributed by atoms with Gasteiger partial charge in [0.15, 0.2) is 0 Å². The Bertz CT molecular complexity index is 707. The molecule has 0 heterocycles. The SMILES string of the molecule is CN(C(=O)c1cc(F)ccc1F)c1ccccc1C#N. The lowest BCUT2D eigenvalue weighted by Gasteiger charge is -2.18. The van der Waals surface area contributed by atoms with Crippen molar-refractivity contribution in [3.63, 3.8) is 0 Å². The Morgan fingerprint density at radius 1 is 1.20 bits per heavy atom. The molecule has 100 valence electrons. The summed E-state index contributed by atoms with van der Waals surface area (Å²) >= 11 is 0. The summed E-state index contributed by atoms with van der Waals surface area (Å²) in [6.45, 7) is 0. The van der Waals surface area contributed by atoms with Gasteiger partial charge in [-0.05, 0) is 30.3 Å². The molecule has 0 fully saturated rings. The number of halogens is 2. The summed E-state index contributed by atoms with van der Waals surface area (Å²) < 4.78 is 26.7. The fraction of sp³-hybridized carbons (Fsp3) is 0.0667. The van der Waals surface area contributed by atoms with Gasteiger partial charge in [-0.3, -0.25) is 4.79 Å². The molecule has 0 bridgehead atoms. The highest BCUT2D eigenvalue weighted by atomic mass is 19.1. The van der Waals surface area contributed by atoms with Gasteiger partial charge in [0.1, 0.15) is 17.7 Å². The molecule has 0 radical (unpaired) electrons. The van der Waals surface area contributed by atoms with E-state index < -0.39 is 17.5 Å². The molecule has 0 aliphatic heterocycles. The van der Waals surface area contributed by atoms with Crippen LogP contribution in [0.3, 0.4) is 0 Å². The lowest BCUT2D eigenvalue weighted by atomic mass is 10.1. The van der Waals surface area contributed by atoms with Crippen LogP contribution in [0.1, 0.15) is 15.9 Å². The van der Waals surface area contributed by atoms with Crippen molar-refractivity contribution in [3.05, 3.63) is 65.2 Å². The van der Waals surface area contributed by atoms with Gasteiger partial charge in [0.2, 0.25) is 0 Å². The molecule has 0 aliphatic carbocycles. The maximum absolute atomic E-state index is 13.6. The first-order chi connectivity index (χ1) is 9.54. The summed E-state index contributed by atoms with van der Waals surface area (Å²) in [6, 6.07) is 11.0. The second-order valence-corrected chi connectivity index (χ2v) is 4.12. The molecular weight excluding hydrogens is 262 g/mol. The number of benzene rings is 2. The first-order valence-corrected chi connectivity index (χ1v) is 5.77. The van der Waals surface area contributed by atoms with Crippen LogP contribution in [0.25, 0.3) is 0 Å². The average molecular weight is 272 g/mol. The molecule has 0 saturated carbocycles. The van der Waals surface area contributed by atoms with Gasteiger partial charge < -0.3 is 4.90 Å². The smallest absolute Gasteiger partial charge is 0.261 e. The fourth-order valence-corrected chi connectivity index (χ4v) is 1.81. The normalized spacial score (nSPS) is 9.90. The highest BCUT2D eigenvalue weighted by Crippen LogP contribution is 2.21. The number of nitrogens with zero attached hydrogens (tertiary/aromatic N) is 2. The highest BCUT2D eigenvalue weighted by Gasteiger charge is 2.20. The van der Waals surface area contributed by atoms with Crippen LogP contribution < -0.4 is 4.90 Å². The Hall–Kier alpha value is -2.74. The Kier molecular flexibility index (Phi) is 3.76. The molecule has 2 rings (SSSR count). The predicted molar refractivity (Wildman–Crippen MR) is 70.2 cm³/mol. The van der Waals surface area contributed by atoms with Gasteiger partial charge in [-0.25, -0.2) is 8.78 Å². The topological polar surface area (TPSA) is 44.1 Å². The van der Waals surface area contributed by atoms with E-state index in [9.17, 15) is 13.6 Å². The van der Waals surface area contributed by atoms with Crippen LogP contribution in [-0.2, 0) is 0 Å². The molecule has 2 aromatic carbocycles. The second-order valence-electron chi connectivity index (χ2n) is 4.12. The molecule has 0 saturated heterocycles. The second kappa shape index (κ2) is 5.49. The summed E-state index contributed by atoms with van der Waals surface area (Å²) in [6.07, 6.45) is 0. The average Bonchev–Trinajstić information content (AvgIpc) is 2.48. The quantitative estimate of drug-likeness (QED) is 0.843. The number of carbonyl (C=O) groups is 1. The summed E-state index contributed by atoms with van der Waals surface area (Å²) in [5, 5.41) is 9.00. The molecule has 20 heavy (non-hydrogen) atoms. The number of carbonyl (C=O) groups excluding carboxylic acids is 1. The molecule has 0 aliphatic rings. The van der Waals surface area contributed by atoms with E-state index in [1.165, 1.54) is 7.05 Å². The number of rotatable bonds is 2. The van der Waals surface area contributed by atoms with Gasteiger partial charge >= 0.3 is 0 Å². The van der Waals surface area contributed by atoms with Crippen molar-refractivity contribution in [2.75, 3.05) is 11.9 Å². The van der Waals surface area contributed by atoms with Crippen molar-refractivity contribution >= 4 is 11.6 Å². The van der Waals surface area contributed by atoms with E-state index in [0.29, 0.717) is 5.69 Å². The van der Waals surface area contributed by atoms with Gasteiger partial charge in [0.05, 0.1) is 16.8 Å². The van der Waals surface area contributed by atoms with Crippen LogP contribution in [-0.4, -0.2) is 13.0 Å². The molecule has 0 atom stereocenters. The minimum atomic E-state index is -0.808. The lowest BCUT2D eigenvalue weighted by Crippen LogP contribution is -2.28. The van der Waals surface area contributed by atoms with E-state index in [1.807, 2.05) is 6.07 Å². The van der Waals surface area contributed by atoms with Gasteiger partial charge in [-0.2, -0.15) is 5.26 Å². The van der Waals surface area contributed by atoms with Crippen molar-refractivity contribution in [1.82, 2.24) is 0 Å². The minimum Gasteiger partial charge on any atom is -0.310 e. The van der Waals surface area contributed by atoms with E-state index in [1.54, 1.807) is 24.3 Å². The van der Waals surface area contributed by atoms with E-state index in [4.69, 9.17) is 5.26 Å². The third-order valence-electron chi connectivity index (χ3n) is 2.85. The van der Waals surface area contributed by atoms with Crippen LogP contribution in [0, 0.1) is 23.0 Å². The van der Waals surface area contributed by atoms with Crippen molar-refractivity contribution in [2.24, 2.45) is 0 Å². The zero-order valence-electron chi connectivity index (χ0n) is 10.6. The van der Waals surface area contributed by atoms with Crippen LogP contribution in [0.5, 0.6) is 0 Å². The molecule has 5 heteroatoms. The maximum atomic E-state index is 13.6. The standard InChI is InChI=1S/C15H10F2N2O/c1-19(14-5-3-2-4-10(14)9-18)15(20)12-8-11(16)6-7-13(12)17/h2-8H,1H3. The molecule has 3 nitrogen and oxygen atoms in total. The van der Waals surface area contributed by atoms with E-state index >= 15 is 0 Å². The van der Waals surface area contributed by atoms with E-state index in [0.717, 1.165) is 23.1 Å². The first kappa shape index (κ1) is 13.7. The van der Waals surface area contributed by atoms with Gasteiger partial charge in [0.25, 0.3) is 5.91 Å². The Morgan fingerprint density at radius 3 is 2.60 bits per heavy atom. The van der Waals surface area contributed by atoms with Crippen molar-refractivity contribution in [3.8, 4) is 6.07 Å².